The molecule has 0 aliphatic rings. The molecule has 1 aromatic carbocycles. The highest BCUT2D eigenvalue weighted by atomic mass is 79.9. The highest BCUT2D eigenvalue weighted by Crippen LogP contribution is 2.30. The van der Waals surface area contributed by atoms with E-state index >= 15 is 0 Å². The Morgan fingerprint density at radius 1 is 1.50 bits per heavy atom. The van der Waals surface area contributed by atoms with Crippen molar-refractivity contribution >= 4 is 27.5 Å². The van der Waals surface area contributed by atoms with Gasteiger partial charge in [-0.05, 0) is 48.0 Å². The van der Waals surface area contributed by atoms with Crippen LogP contribution in [0.25, 0.3) is 0 Å². The predicted molar refractivity (Wildman–Crippen MR) is 76.9 cm³/mol. The molecule has 0 radical (unpaired) electrons. The largest absolute Gasteiger partial charge is 0.496 e. The molecule has 0 aliphatic carbocycles. The Morgan fingerprint density at radius 2 is 2.11 bits per heavy atom. The summed E-state index contributed by atoms with van der Waals surface area (Å²) < 4.78 is 5.97. The molecule has 1 amide bonds. The summed E-state index contributed by atoms with van der Waals surface area (Å²) in [7, 11) is 3.35. The minimum atomic E-state index is -0.568. The molecule has 100 valence electrons. The van der Waals surface area contributed by atoms with Crippen LogP contribution in [0, 0.1) is 5.41 Å². The molecule has 5 heteroatoms. The fourth-order valence-corrected chi connectivity index (χ4v) is 2.05. The first kappa shape index (κ1) is 15.0. The van der Waals surface area contributed by atoms with Crippen LogP contribution < -0.4 is 15.4 Å². The lowest BCUT2D eigenvalue weighted by Gasteiger charge is -2.28. The molecule has 1 aromatic rings. The number of carbonyl (C=O) groups excluding carboxylic acids is 1. The quantitative estimate of drug-likeness (QED) is 0.928. The molecule has 2 N–H and O–H groups in total. The first-order valence-corrected chi connectivity index (χ1v) is 6.44. The van der Waals surface area contributed by atoms with Crippen molar-refractivity contribution < 1.29 is 9.53 Å². The van der Waals surface area contributed by atoms with Gasteiger partial charge in [-0.3, -0.25) is 4.79 Å². The summed E-state index contributed by atoms with van der Waals surface area (Å²) >= 11 is 3.40. The van der Waals surface area contributed by atoms with E-state index < -0.39 is 5.41 Å². The van der Waals surface area contributed by atoms with Crippen molar-refractivity contribution in [1.82, 2.24) is 0 Å². The van der Waals surface area contributed by atoms with E-state index in [4.69, 9.17) is 10.5 Å². The number of amides is 1. The number of nitrogens with two attached hydrogens (primary N) is 1. The molecular formula is C13H19BrN2O2. The number of rotatable bonds is 4. The van der Waals surface area contributed by atoms with Crippen LogP contribution in [-0.4, -0.2) is 26.6 Å². The summed E-state index contributed by atoms with van der Waals surface area (Å²) in [4.78, 5) is 13.9. The van der Waals surface area contributed by atoms with Crippen LogP contribution in [0.2, 0.25) is 0 Å². The molecule has 0 saturated heterocycles. The van der Waals surface area contributed by atoms with Crippen LogP contribution in [0.1, 0.15) is 13.8 Å². The topological polar surface area (TPSA) is 55.6 Å². The normalized spacial score (nSPS) is 11.2. The number of halogens is 1. The Kier molecular flexibility index (Phi) is 4.76. The minimum absolute atomic E-state index is 0.0120. The summed E-state index contributed by atoms with van der Waals surface area (Å²) in [5.41, 5.74) is 5.85. The summed E-state index contributed by atoms with van der Waals surface area (Å²) in [5.74, 6) is 0.722. The van der Waals surface area contributed by atoms with Crippen molar-refractivity contribution in [2.45, 2.75) is 13.8 Å². The third-order valence-electron chi connectivity index (χ3n) is 2.92. The molecule has 0 unspecified atom stereocenters. The van der Waals surface area contributed by atoms with Crippen LogP contribution in [0.3, 0.4) is 0 Å². The van der Waals surface area contributed by atoms with Gasteiger partial charge >= 0.3 is 0 Å². The van der Waals surface area contributed by atoms with E-state index in [1.807, 2.05) is 32.0 Å². The number of hydrogen-bond acceptors (Lipinski definition) is 3. The van der Waals surface area contributed by atoms with Crippen molar-refractivity contribution in [3.63, 3.8) is 0 Å². The maximum Gasteiger partial charge on any atom is 0.233 e. The van der Waals surface area contributed by atoms with Crippen molar-refractivity contribution in [2.24, 2.45) is 11.1 Å². The van der Waals surface area contributed by atoms with Crippen molar-refractivity contribution in [3.05, 3.63) is 22.7 Å². The maximum absolute atomic E-state index is 12.3. The fraction of sp³-hybridized carbons (Fsp3) is 0.462. The van der Waals surface area contributed by atoms with E-state index in [0.29, 0.717) is 6.54 Å². The van der Waals surface area contributed by atoms with Gasteiger partial charge in [-0.25, -0.2) is 0 Å². The van der Waals surface area contributed by atoms with Crippen LogP contribution in [0.5, 0.6) is 5.75 Å². The molecule has 1 rings (SSSR count). The molecular weight excluding hydrogens is 296 g/mol. The zero-order valence-electron chi connectivity index (χ0n) is 11.2. The van der Waals surface area contributed by atoms with Gasteiger partial charge in [0, 0.05) is 19.3 Å². The standard InChI is InChI=1S/C13H19BrN2O2/c1-13(2,8-15)12(17)16(3)9-5-6-11(18-4)10(14)7-9/h5-7H,8,15H2,1-4H3. The third kappa shape index (κ3) is 3.03. The first-order chi connectivity index (χ1) is 8.33. The Bertz CT molecular complexity index is 447. The zero-order chi connectivity index (χ0) is 13.9. The lowest BCUT2D eigenvalue weighted by molar-refractivity contribution is -0.125. The molecule has 0 aliphatic heterocycles. The predicted octanol–water partition coefficient (Wildman–Crippen LogP) is 2.41. The molecule has 4 nitrogen and oxygen atoms in total. The summed E-state index contributed by atoms with van der Waals surface area (Å²) in [6.07, 6.45) is 0. The van der Waals surface area contributed by atoms with Gasteiger partial charge in [-0.2, -0.15) is 0 Å². The van der Waals surface area contributed by atoms with Crippen LogP contribution >= 0.6 is 15.9 Å². The van der Waals surface area contributed by atoms with E-state index in [-0.39, 0.29) is 5.91 Å². The molecule has 0 saturated carbocycles. The highest BCUT2D eigenvalue weighted by Gasteiger charge is 2.29. The van der Waals surface area contributed by atoms with E-state index in [0.717, 1.165) is 15.9 Å². The SMILES string of the molecule is COc1ccc(N(C)C(=O)C(C)(C)CN)cc1Br. The lowest BCUT2D eigenvalue weighted by Crippen LogP contribution is -2.42. The molecule has 0 atom stereocenters. The Morgan fingerprint density at radius 3 is 2.56 bits per heavy atom. The molecule has 0 spiro atoms. The van der Waals surface area contributed by atoms with E-state index in [1.165, 1.54) is 0 Å². The molecule has 0 fully saturated rings. The molecule has 18 heavy (non-hydrogen) atoms. The van der Waals surface area contributed by atoms with E-state index in [1.54, 1.807) is 19.1 Å². The number of carbonyl (C=O) groups is 1. The smallest absolute Gasteiger partial charge is 0.233 e. The maximum atomic E-state index is 12.3. The number of ether oxygens (including phenoxy) is 1. The first-order valence-electron chi connectivity index (χ1n) is 5.65. The van der Waals surface area contributed by atoms with Gasteiger partial charge in [-0.1, -0.05) is 0 Å². The second-order valence-corrected chi connectivity index (χ2v) is 5.63. The van der Waals surface area contributed by atoms with Gasteiger partial charge in [-0.15, -0.1) is 0 Å². The van der Waals surface area contributed by atoms with Gasteiger partial charge in [0.05, 0.1) is 17.0 Å². The lowest BCUT2D eigenvalue weighted by atomic mass is 9.92. The third-order valence-corrected chi connectivity index (χ3v) is 3.54. The van der Waals surface area contributed by atoms with Crippen LogP contribution in [-0.2, 0) is 4.79 Å². The number of benzene rings is 1. The van der Waals surface area contributed by atoms with E-state index in [9.17, 15) is 4.79 Å². The van der Waals surface area contributed by atoms with Crippen LogP contribution in [0.4, 0.5) is 5.69 Å². The van der Waals surface area contributed by atoms with Gasteiger partial charge < -0.3 is 15.4 Å². The second-order valence-electron chi connectivity index (χ2n) is 4.77. The number of anilines is 1. The van der Waals surface area contributed by atoms with Gasteiger partial charge in [0.25, 0.3) is 0 Å². The van der Waals surface area contributed by atoms with E-state index in [2.05, 4.69) is 15.9 Å². The zero-order valence-corrected chi connectivity index (χ0v) is 12.7. The van der Waals surface area contributed by atoms with Crippen molar-refractivity contribution in [3.8, 4) is 5.75 Å². The van der Waals surface area contributed by atoms with Crippen LogP contribution in [0.15, 0.2) is 22.7 Å². The average Bonchev–Trinajstić information content (AvgIpc) is 2.36. The summed E-state index contributed by atoms with van der Waals surface area (Å²) in [5, 5.41) is 0. The Labute approximate surface area is 116 Å². The second kappa shape index (κ2) is 5.71. The van der Waals surface area contributed by atoms with Crippen molar-refractivity contribution in [1.29, 1.82) is 0 Å². The number of hydrogen-bond donors (Lipinski definition) is 1. The van der Waals surface area contributed by atoms with Gasteiger partial charge in [0.1, 0.15) is 5.75 Å². The van der Waals surface area contributed by atoms with Crippen molar-refractivity contribution in [2.75, 3.05) is 25.6 Å². The highest BCUT2D eigenvalue weighted by molar-refractivity contribution is 9.10. The fourth-order valence-electron chi connectivity index (χ4n) is 1.52. The summed E-state index contributed by atoms with van der Waals surface area (Å²) in [6.45, 7) is 3.99. The minimum Gasteiger partial charge on any atom is -0.496 e. The average molecular weight is 315 g/mol. The Balaban J connectivity index is 3.01. The molecule has 0 aromatic heterocycles. The Hall–Kier alpha value is -1.07. The summed E-state index contributed by atoms with van der Waals surface area (Å²) in [6, 6.07) is 5.51. The van der Waals surface area contributed by atoms with Gasteiger partial charge in [0.2, 0.25) is 5.91 Å². The molecule has 0 bridgehead atoms. The molecule has 0 heterocycles. The monoisotopic (exact) mass is 314 g/mol. The number of nitrogens with zero attached hydrogens (tertiary/aromatic N) is 1. The number of methoxy groups -OCH3 is 1. The van der Waals surface area contributed by atoms with Gasteiger partial charge in [0.15, 0.2) is 0 Å².